The van der Waals surface area contributed by atoms with E-state index in [0.717, 1.165) is 12.2 Å². The standard InChI is InChI=1S/C20H16ClFN4O3/c1-11(27)3-6-19(28)26-17-8-13-16(9-18(17)29-2)23-10-24-20(13)25-12-4-5-15(22)14(21)7-12/h3-10H,1-2H3,(H,26,28)(H,23,24,25)/b6-3+. The number of anilines is 3. The molecule has 0 radical (unpaired) electrons. The van der Waals surface area contributed by atoms with Crippen molar-refractivity contribution >= 4 is 51.4 Å². The SMILES string of the molecule is COc1cc2ncnc(Nc3ccc(F)c(Cl)c3)c2cc1NC(=O)/C=C/C(C)=O. The summed E-state index contributed by atoms with van der Waals surface area (Å²) in [6, 6.07) is 7.48. The fourth-order valence-corrected chi connectivity index (χ4v) is 2.71. The summed E-state index contributed by atoms with van der Waals surface area (Å²) in [5.74, 6) is -0.456. The molecule has 0 aliphatic carbocycles. The second-order valence-electron chi connectivity index (χ2n) is 5.98. The van der Waals surface area contributed by atoms with Crippen molar-refractivity contribution in [1.29, 1.82) is 0 Å². The second kappa shape index (κ2) is 8.66. The molecule has 0 aliphatic rings. The van der Waals surface area contributed by atoms with Crippen molar-refractivity contribution in [2.45, 2.75) is 6.92 Å². The third-order valence-corrected chi connectivity index (χ3v) is 4.16. The van der Waals surface area contributed by atoms with Gasteiger partial charge < -0.3 is 15.4 Å². The molecule has 0 atom stereocenters. The van der Waals surface area contributed by atoms with Crippen LogP contribution in [0, 0.1) is 5.82 Å². The number of carbonyl (C=O) groups excluding carboxylic acids is 2. The number of methoxy groups -OCH3 is 1. The number of fused-ring (bicyclic) bond motifs is 1. The maximum absolute atomic E-state index is 13.4. The minimum atomic E-state index is -0.530. The van der Waals surface area contributed by atoms with E-state index in [9.17, 15) is 14.0 Å². The van der Waals surface area contributed by atoms with Gasteiger partial charge in [0, 0.05) is 23.2 Å². The van der Waals surface area contributed by atoms with Gasteiger partial charge in [-0.25, -0.2) is 14.4 Å². The summed E-state index contributed by atoms with van der Waals surface area (Å²) in [5, 5.41) is 6.27. The zero-order chi connectivity index (χ0) is 21.0. The molecule has 0 fully saturated rings. The van der Waals surface area contributed by atoms with Crippen LogP contribution in [0.1, 0.15) is 6.92 Å². The van der Waals surface area contributed by atoms with Crippen molar-refractivity contribution in [3.63, 3.8) is 0 Å². The number of rotatable bonds is 6. The Hall–Kier alpha value is -3.52. The summed E-state index contributed by atoms with van der Waals surface area (Å²) in [7, 11) is 1.46. The molecule has 1 heterocycles. The molecule has 0 aliphatic heterocycles. The van der Waals surface area contributed by atoms with Crippen LogP contribution in [-0.2, 0) is 9.59 Å². The molecule has 0 saturated heterocycles. The highest BCUT2D eigenvalue weighted by molar-refractivity contribution is 6.31. The Bertz CT molecular complexity index is 1130. The Morgan fingerprint density at radius 2 is 1.97 bits per heavy atom. The number of ketones is 1. The predicted octanol–water partition coefficient (Wildman–Crippen LogP) is 4.26. The normalized spacial score (nSPS) is 10.9. The summed E-state index contributed by atoms with van der Waals surface area (Å²) >= 11 is 5.83. The maximum Gasteiger partial charge on any atom is 0.248 e. The number of halogens is 2. The number of aromatic nitrogens is 2. The smallest absolute Gasteiger partial charge is 0.248 e. The first-order chi connectivity index (χ1) is 13.9. The van der Waals surface area contributed by atoms with Crippen LogP contribution in [0.5, 0.6) is 5.75 Å². The molecule has 3 rings (SSSR count). The third-order valence-electron chi connectivity index (χ3n) is 3.87. The van der Waals surface area contributed by atoms with Crippen molar-refractivity contribution < 1.29 is 18.7 Å². The Morgan fingerprint density at radius 3 is 2.66 bits per heavy atom. The lowest BCUT2D eigenvalue weighted by molar-refractivity contribution is -0.114. The zero-order valence-corrected chi connectivity index (χ0v) is 16.2. The number of hydrogen-bond acceptors (Lipinski definition) is 6. The monoisotopic (exact) mass is 414 g/mol. The second-order valence-corrected chi connectivity index (χ2v) is 6.39. The van der Waals surface area contributed by atoms with Crippen LogP contribution in [0.15, 0.2) is 48.8 Å². The van der Waals surface area contributed by atoms with Gasteiger partial charge in [-0.2, -0.15) is 0 Å². The van der Waals surface area contributed by atoms with Gasteiger partial charge in [0.2, 0.25) is 5.91 Å². The van der Waals surface area contributed by atoms with Crippen molar-refractivity contribution in [3.8, 4) is 5.75 Å². The van der Waals surface area contributed by atoms with E-state index in [-0.39, 0.29) is 10.8 Å². The summed E-state index contributed by atoms with van der Waals surface area (Å²) in [6.45, 7) is 1.34. The van der Waals surface area contributed by atoms with Crippen LogP contribution in [0.4, 0.5) is 21.6 Å². The van der Waals surface area contributed by atoms with Gasteiger partial charge in [0.1, 0.15) is 23.7 Å². The molecule has 2 aromatic carbocycles. The topological polar surface area (TPSA) is 93.2 Å². The molecule has 0 unspecified atom stereocenters. The molecule has 7 nitrogen and oxygen atoms in total. The highest BCUT2D eigenvalue weighted by Gasteiger charge is 2.13. The molecular formula is C20H16ClFN4O3. The highest BCUT2D eigenvalue weighted by atomic mass is 35.5. The lowest BCUT2D eigenvalue weighted by Gasteiger charge is -2.13. The Balaban J connectivity index is 2.00. The van der Waals surface area contributed by atoms with Crippen molar-refractivity contribution in [3.05, 3.63) is 59.7 Å². The van der Waals surface area contributed by atoms with E-state index in [1.54, 1.807) is 12.1 Å². The Morgan fingerprint density at radius 1 is 1.17 bits per heavy atom. The molecule has 1 aromatic heterocycles. The van der Waals surface area contributed by atoms with Crippen LogP contribution in [-0.4, -0.2) is 28.8 Å². The van der Waals surface area contributed by atoms with Gasteiger partial charge in [-0.15, -0.1) is 0 Å². The number of nitrogens with zero attached hydrogens (tertiary/aromatic N) is 2. The first kappa shape index (κ1) is 20.2. The lowest BCUT2D eigenvalue weighted by Crippen LogP contribution is -2.10. The molecule has 1 amide bonds. The molecule has 29 heavy (non-hydrogen) atoms. The molecular weight excluding hydrogens is 399 g/mol. The average molecular weight is 415 g/mol. The Kier molecular flexibility index (Phi) is 6.04. The van der Waals surface area contributed by atoms with Gasteiger partial charge in [-0.3, -0.25) is 9.59 Å². The molecule has 0 spiro atoms. The fraction of sp³-hybridized carbons (Fsp3) is 0.100. The van der Waals surface area contributed by atoms with E-state index in [4.69, 9.17) is 16.3 Å². The van der Waals surface area contributed by atoms with E-state index in [0.29, 0.717) is 33.8 Å². The minimum absolute atomic E-state index is 0.0276. The highest BCUT2D eigenvalue weighted by Crippen LogP contribution is 2.33. The van der Waals surface area contributed by atoms with Crippen LogP contribution >= 0.6 is 11.6 Å². The zero-order valence-electron chi connectivity index (χ0n) is 15.5. The van der Waals surface area contributed by atoms with Crippen LogP contribution in [0.3, 0.4) is 0 Å². The first-order valence-electron chi connectivity index (χ1n) is 8.42. The van der Waals surface area contributed by atoms with Gasteiger partial charge in [0.25, 0.3) is 0 Å². The number of ether oxygens (including phenoxy) is 1. The lowest BCUT2D eigenvalue weighted by atomic mass is 10.1. The van der Waals surface area contributed by atoms with E-state index in [1.807, 2.05) is 0 Å². The number of benzene rings is 2. The van der Waals surface area contributed by atoms with Crippen LogP contribution in [0.25, 0.3) is 10.9 Å². The summed E-state index contributed by atoms with van der Waals surface area (Å²) in [4.78, 5) is 31.5. The van der Waals surface area contributed by atoms with E-state index >= 15 is 0 Å². The molecule has 9 heteroatoms. The first-order valence-corrected chi connectivity index (χ1v) is 8.79. The van der Waals surface area contributed by atoms with Crippen molar-refractivity contribution in [1.82, 2.24) is 9.97 Å². The largest absolute Gasteiger partial charge is 0.494 e. The summed E-state index contributed by atoms with van der Waals surface area (Å²) in [6.07, 6.45) is 3.66. The Labute approximate surface area is 170 Å². The number of amides is 1. The van der Waals surface area contributed by atoms with E-state index in [2.05, 4.69) is 20.6 Å². The number of hydrogen-bond donors (Lipinski definition) is 2. The van der Waals surface area contributed by atoms with Gasteiger partial charge >= 0.3 is 0 Å². The van der Waals surface area contributed by atoms with Gasteiger partial charge in [0.15, 0.2) is 5.78 Å². The van der Waals surface area contributed by atoms with E-state index in [1.165, 1.54) is 38.6 Å². The molecule has 0 saturated carbocycles. The number of carbonyl (C=O) groups is 2. The minimum Gasteiger partial charge on any atom is -0.494 e. The summed E-state index contributed by atoms with van der Waals surface area (Å²) < 4.78 is 18.7. The van der Waals surface area contributed by atoms with Crippen molar-refractivity contribution in [2.75, 3.05) is 17.7 Å². The number of allylic oxidation sites excluding steroid dienone is 1. The molecule has 0 bridgehead atoms. The predicted molar refractivity (Wildman–Crippen MR) is 109 cm³/mol. The molecule has 148 valence electrons. The summed E-state index contributed by atoms with van der Waals surface area (Å²) in [5.41, 5.74) is 1.46. The molecule has 3 aromatic rings. The van der Waals surface area contributed by atoms with Gasteiger partial charge in [-0.1, -0.05) is 11.6 Å². The number of nitrogens with one attached hydrogen (secondary N) is 2. The van der Waals surface area contributed by atoms with Crippen molar-refractivity contribution in [2.24, 2.45) is 0 Å². The van der Waals surface area contributed by atoms with Crippen LogP contribution in [0.2, 0.25) is 5.02 Å². The van der Waals surface area contributed by atoms with Gasteiger partial charge in [0.05, 0.1) is 23.3 Å². The fourth-order valence-electron chi connectivity index (χ4n) is 2.53. The van der Waals surface area contributed by atoms with E-state index < -0.39 is 11.7 Å². The third kappa shape index (κ3) is 4.85. The molecule has 2 N–H and O–H groups in total. The maximum atomic E-state index is 13.4. The van der Waals surface area contributed by atoms with Gasteiger partial charge in [-0.05, 0) is 37.3 Å². The van der Waals surface area contributed by atoms with Crippen LogP contribution < -0.4 is 15.4 Å². The quantitative estimate of drug-likeness (QED) is 0.585. The average Bonchev–Trinajstić information content (AvgIpc) is 2.69.